The van der Waals surface area contributed by atoms with E-state index in [-0.39, 0.29) is 40.2 Å². The molecule has 0 bridgehead atoms. The van der Waals surface area contributed by atoms with Crippen molar-refractivity contribution in [2.75, 3.05) is 13.1 Å². The molecule has 2 N–H and O–H groups in total. The van der Waals surface area contributed by atoms with Crippen LogP contribution in [-0.2, 0) is 24.8 Å². The Morgan fingerprint density at radius 3 is 2.10 bits per heavy atom. The Morgan fingerprint density at radius 2 is 1.45 bits per heavy atom. The minimum absolute atomic E-state index is 0.0153. The van der Waals surface area contributed by atoms with E-state index in [1.54, 1.807) is 0 Å². The summed E-state index contributed by atoms with van der Waals surface area (Å²) in [7, 11) is -7.43. The minimum Gasteiger partial charge on any atom is -0.353 e. The van der Waals surface area contributed by atoms with Crippen molar-refractivity contribution < 1.29 is 21.6 Å². The van der Waals surface area contributed by atoms with E-state index in [2.05, 4.69) is 10.0 Å². The Labute approximate surface area is 184 Å². The summed E-state index contributed by atoms with van der Waals surface area (Å²) in [5.41, 5.74) is 0. The van der Waals surface area contributed by atoms with Crippen molar-refractivity contribution in [3.8, 4) is 0 Å². The summed E-state index contributed by atoms with van der Waals surface area (Å²) in [5.74, 6) is -0.410. The minimum atomic E-state index is -3.80. The molecule has 1 heterocycles. The molecule has 1 amide bonds. The zero-order valence-corrected chi connectivity index (χ0v) is 19.3. The molecule has 172 valence electrons. The van der Waals surface area contributed by atoms with E-state index >= 15 is 0 Å². The molecule has 1 aromatic carbocycles. The van der Waals surface area contributed by atoms with Crippen molar-refractivity contribution in [3.05, 3.63) is 24.3 Å². The van der Waals surface area contributed by atoms with E-state index in [4.69, 9.17) is 0 Å². The first-order chi connectivity index (χ1) is 14.8. The molecule has 0 spiro atoms. The van der Waals surface area contributed by atoms with Crippen LogP contribution in [0.4, 0.5) is 0 Å². The molecule has 1 atom stereocenters. The van der Waals surface area contributed by atoms with E-state index < -0.39 is 20.0 Å². The van der Waals surface area contributed by atoms with Crippen molar-refractivity contribution in [2.45, 2.75) is 79.7 Å². The lowest BCUT2D eigenvalue weighted by atomic mass is 9.93. The topological polar surface area (TPSA) is 113 Å². The fourth-order valence-corrected chi connectivity index (χ4v) is 7.20. The molecule has 1 saturated heterocycles. The van der Waals surface area contributed by atoms with Gasteiger partial charge in [0.15, 0.2) is 0 Å². The van der Waals surface area contributed by atoms with Crippen LogP contribution in [0.2, 0.25) is 0 Å². The number of benzene rings is 1. The lowest BCUT2D eigenvalue weighted by Crippen LogP contribution is -2.47. The lowest BCUT2D eigenvalue weighted by Gasteiger charge is -2.32. The van der Waals surface area contributed by atoms with Crippen molar-refractivity contribution in [1.29, 1.82) is 0 Å². The summed E-state index contributed by atoms with van der Waals surface area (Å²) in [6, 6.07) is 5.51. The van der Waals surface area contributed by atoms with Crippen LogP contribution >= 0.6 is 0 Å². The van der Waals surface area contributed by atoms with Gasteiger partial charge >= 0.3 is 0 Å². The zero-order valence-electron chi connectivity index (χ0n) is 17.6. The molecule has 2 aliphatic carbocycles. The molecule has 10 heteroatoms. The smallest absolute Gasteiger partial charge is 0.243 e. The van der Waals surface area contributed by atoms with Gasteiger partial charge < -0.3 is 5.32 Å². The number of nitrogens with zero attached hydrogens (tertiary/aromatic N) is 1. The van der Waals surface area contributed by atoms with Gasteiger partial charge in [-0.05, 0) is 62.8 Å². The quantitative estimate of drug-likeness (QED) is 0.634. The van der Waals surface area contributed by atoms with Gasteiger partial charge in [0.1, 0.15) is 0 Å². The second-order valence-electron chi connectivity index (χ2n) is 8.91. The Hall–Kier alpha value is -1.49. The highest BCUT2D eigenvalue weighted by atomic mass is 32.2. The third-order valence-corrected chi connectivity index (χ3v) is 9.79. The first-order valence-corrected chi connectivity index (χ1v) is 14.1. The van der Waals surface area contributed by atoms with Crippen LogP contribution in [0.15, 0.2) is 34.1 Å². The molecule has 0 aromatic heterocycles. The number of hydrogen-bond donors (Lipinski definition) is 2. The highest BCUT2D eigenvalue weighted by molar-refractivity contribution is 7.89. The van der Waals surface area contributed by atoms with Gasteiger partial charge in [-0.3, -0.25) is 4.79 Å². The van der Waals surface area contributed by atoms with Crippen molar-refractivity contribution in [1.82, 2.24) is 14.3 Å². The summed E-state index contributed by atoms with van der Waals surface area (Å²) in [6.07, 6.45) is 8.39. The van der Waals surface area contributed by atoms with Crippen LogP contribution < -0.4 is 10.0 Å². The monoisotopic (exact) mass is 469 g/mol. The lowest BCUT2D eigenvalue weighted by molar-refractivity contribution is -0.127. The number of hydrogen-bond acceptors (Lipinski definition) is 5. The summed E-state index contributed by atoms with van der Waals surface area (Å²) in [4.78, 5) is 12.8. The predicted octanol–water partition coefficient (Wildman–Crippen LogP) is 1.98. The van der Waals surface area contributed by atoms with Gasteiger partial charge in [-0.1, -0.05) is 19.3 Å². The van der Waals surface area contributed by atoms with Gasteiger partial charge in [0.05, 0.1) is 15.7 Å². The number of sulfonamides is 2. The number of rotatable bonds is 7. The van der Waals surface area contributed by atoms with Crippen LogP contribution in [0.25, 0.3) is 0 Å². The second-order valence-corrected chi connectivity index (χ2v) is 12.6. The van der Waals surface area contributed by atoms with Crippen LogP contribution in [0.5, 0.6) is 0 Å². The molecule has 1 unspecified atom stereocenters. The average molecular weight is 470 g/mol. The van der Waals surface area contributed by atoms with Gasteiger partial charge in [0.25, 0.3) is 0 Å². The molecule has 3 fully saturated rings. The molecule has 0 radical (unpaired) electrons. The van der Waals surface area contributed by atoms with Crippen LogP contribution in [0.3, 0.4) is 0 Å². The summed E-state index contributed by atoms with van der Waals surface area (Å²) in [5, 5.41) is 3.11. The maximum absolute atomic E-state index is 13.1. The standard InChI is InChI=1S/C21H31N3O5S2/c25-21(22-17-6-2-1-3-7-17)16-5-4-14-24(15-16)31(28,29)20-12-10-19(11-13-20)30(26,27)23-18-8-9-18/h10-13,16-18,23H,1-9,14-15H2,(H,22,25). The fraction of sp³-hybridized carbons (Fsp3) is 0.667. The summed E-state index contributed by atoms with van der Waals surface area (Å²) < 4.78 is 54.8. The maximum Gasteiger partial charge on any atom is 0.243 e. The van der Waals surface area contributed by atoms with E-state index in [1.807, 2.05) is 0 Å². The van der Waals surface area contributed by atoms with Gasteiger partial charge in [-0.15, -0.1) is 0 Å². The highest BCUT2D eigenvalue weighted by Gasteiger charge is 2.34. The largest absolute Gasteiger partial charge is 0.353 e. The second kappa shape index (κ2) is 9.17. The van der Waals surface area contributed by atoms with Gasteiger partial charge in [-0.25, -0.2) is 21.6 Å². The van der Waals surface area contributed by atoms with E-state index in [0.717, 1.165) is 38.5 Å². The normalized spacial score (nSPS) is 24.1. The van der Waals surface area contributed by atoms with E-state index in [9.17, 15) is 21.6 Å². The van der Waals surface area contributed by atoms with Crippen molar-refractivity contribution in [2.24, 2.45) is 5.92 Å². The highest BCUT2D eigenvalue weighted by Crippen LogP contribution is 2.27. The molecule has 8 nitrogen and oxygen atoms in total. The van der Waals surface area contributed by atoms with E-state index in [1.165, 1.54) is 35.0 Å². The van der Waals surface area contributed by atoms with Gasteiger partial charge in [0, 0.05) is 25.2 Å². The number of piperidine rings is 1. The molecule has 3 aliphatic rings. The molecule has 1 aromatic rings. The van der Waals surface area contributed by atoms with Crippen LogP contribution in [0, 0.1) is 5.92 Å². The summed E-state index contributed by atoms with van der Waals surface area (Å²) >= 11 is 0. The van der Waals surface area contributed by atoms with E-state index in [0.29, 0.717) is 19.4 Å². The van der Waals surface area contributed by atoms with Crippen molar-refractivity contribution in [3.63, 3.8) is 0 Å². The SMILES string of the molecule is O=C(NC1CCCCC1)C1CCCN(S(=O)(=O)c2ccc(S(=O)(=O)NC3CC3)cc2)C1. The molecule has 2 saturated carbocycles. The number of carbonyl (C=O) groups is 1. The zero-order chi connectivity index (χ0) is 22.1. The Kier molecular flexibility index (Phi) is 6.71. The Morgan fingerprint density at radius 1 is 0.806 bits per heavy atom. The Balaban J connectivity index is 1.42. The number of amides is 1. The molecule has 4 rings (SSSR count). The Bertz CT molecular complexity index is 998. The third-order valence-electron chi connectivity index (χ3n) is 6.38. The fourth-order valence-electron chi connectivity index (χ4n) is 4.37. The third kappa shape index (κ3) is 5.47. The first kappa shape index (κ1) is 22.7. The number of carbonyl (C=O) groups excluding carboxylic acids is 1. The molecule has 1 aliphatic heterocycles. The van der Waals surface area contributed by atoms with Crippen LogP contribution in [-0.4, -0.2) is 52.2 Å². The molecular formula is C21H31N3O5S2. The van der Waals surface area contributed by atoms with Crippen LogP contribution in [0.1, 0.15) is 57.8 Å². The average Bonchev–Trinajstić information content (AvgIpc) is 3.58. The van der Waals surface area contributed by atoms with Gasteiger partial charge in [-0.2, -0.15) is 4.31 Å². The maximum atomic E-state index is 13.1. The predicted molar refractivity (Wildman–Crippen MR) is 116 cm³/mol. The molecular weight excluding hydrogens is 438 g/mol. The van der Waals surface area contributed by atoms with Crippen molar-refractivity contribution >= 4 is 26.0 Å². The van der Waals surface area contributed by atoms with Gasteiger partial charge in [0.2, 0.25) is 26.0 Å². The number of nitrogens with one attached hydrogen (secondary N) is 2. The summed E-state index contributed by atoms with van der Waals surface area (Å²) in [6.45, 7) is 0.517. The molecule has 31 heavy (non-hydrogen) atoms. The first-order valence-electron chi connectivity index (χ1n) is 11.2.